The quantitative estimate of drug-likeness (QED) is 0.672. The fourth-order valence-corrected chi connectivity index (χ4v) is 2.32. The van der Waals surface area contributed by atoms with Gasteiger partial charge in [-0.1, -0.05) is 0 Å². The molecular weight excluding hydrogens is 276 g/mol. The summed E-state index contributed by atoms with van der Waals surface area (Å²) in [5, 5.41) is 10.6. The van der Waals surface area contributed by atoms with Crippen molar-refractivity contribution in [2.24, 2.45) is 0 Å². The Morgan fingerprint density at radius 1 is 1.10 bits per heavy atom. The molecule has 1 aliphatic heterocycles. The van der Waals surface area contributed by atoms with Crippen molar-refractivity contribution in [3.05, 3.63) is 18.2 Å². The Labute approximate surface area is 122 Å². The number of nitrogens with zero attached hydrogens (tertiary/aromatic N) is 2. The van der Waals surface area contributed by atoms with E-state index in [2.05, 4.69) is 0 Å². The molecule has 1 amide bonds. The van der Waals surface area contributed by atoms with Gasteiger partial charge in [0.2, 0.25) is 0 Å². The third kappa shape index (κ3) is 3.18. The Kier molecular flexibility index (Phi) is 4.52. The Morgan fingerprint density at radius 2 is 1.76 bits per heavy atom. The summed E-state index contributed by atoms with van der Waals surface area (Å²) < 4.78 is 10.5. The highest BCUT2D eigenvalue weighted by Gasteiger charge is 2.23. The number of carbonyl (C=O) groups excluding carboxylic acids is 2. The maximum absolute atomic E-state index is 11.4. The van der Waals surface area contributed by atoms with Crippen LogP contribution in [0.3, 0.4) is 0 Å². The summed E-state index contributed by atoms with van der Waals surface area (Å²) in [4.78, 5) is 25.3. The molecule has 7 heteroatoms. The zero-order valence-electron chi connectivity index (χ0n) is 12.0. The number of carboxylic acids is 1. The molecule has 0 radical (unpaired) electrons. The van der Waals surface area contributed by atoms with Crippen LogP contribution in [0.2, 0.25) is 0 Å². The van der Waals surface area contributed by atoms with Crippen LogP contribution in [0.1, 0.15) is 0 Å². The van der Waals surface area contributed by atoms with Crippen molar-refractivity contribution in [1.82, 2.24) is 4.90 Å². The van der Waals surface area contributed by atoms with Gasteiger partial charge in [-0.2, -0.15) is 0 Å². The van der Waals surface area contributed by atoms with E-state index >= 15 is 0 Å². The number of amides is 1. The van der Waals surface area contributed by atoms with Gasteiger partial charge >= 0.3 is 0 Å². The summed E-state index contributed by atoms with van der Waals surface area (Å²) in [5.41, 5.74) is 0.859. The number of ether oxygens (including phenoxy) is 2. The first kappa shape index (κ1) is 15.0. The number of hydrogen-bond donors (Lipinski definition) is 0. The fourth-order valence-electron chi connectivity index (χ4n) is 2.32. The zero-order valence-corrected chi connectivity index (χ0v) is 12.0. The fraction of sp³-hybridized carbons (Fsp3) is 0.429. The number of anilines is 1. The molecule has 0 N–H and O–H groups in total. The van der Waals surface area contributed by atoms with E-state index in [1.54, 1.807) is 20.3 Å². The lowest BCUT2D eigenvalue weighted by Crippen LogP contribution is -2.53. The van der Waals surface area contributed by atoms with E-state index in [4.69, 9.17) is 9.47 Å². The van der Waals surface area contributed by atoms with Crippen LogP contribution in [0, 0.1) is 0 Å². The summed E-state index contributed by atoms with van der Waals surface area (Å²) in [7, 11) is 3.17. The van der Waals surface area contributed by atoms with Crippen LogP contribution in [-0.4, -0.2) is 57.2 Å². The second-order valence-electron chi connectivity index (χ2n) is 4.60. The minimum Gasteiger partial charge on any atom is -0.540 e. The molecule has 1 aromatic carbocycles. The average molecular weight is 293 g/mol. The van der Waals surface area contributed by atoms with Gasteiger partial charge in [0.05, 0.1) is 19.9 Å². The SMILES string of the molecule is COc1ccc(OC)c(N2CCN(C(=O)C(=O)[O-])CC2)c1. The number of hydrogen-bond acceptors (Lipinski definition) is 6. The van der Waals surface area contributed by atoms with Crippen LogP contribution < -0.4 is 19.5 Å². The van der Waals surface area contributed by atoms with Gasteiger partial charge in [0.1, 0.15) is 17.5 Å². The monoisotopic (exact) mass is 293 g/mol. The highest BCUT2D eigenvalue weighted by atomic mass is 16.5. The number of carbonyl (C=O) groups is 2. The van der Waals surface area contributed by atoms with Crippen molar-refractivity contribution < 1.29 is 24.2 Å². The molecule has 0 aliphatic carbocycles. The second kappa shape index (κ2) is 6.34. The lowest BCUT2D eigenvalue weighted by Gasteiger charge is -2.36. The molecule has 114 valence electrons. The lowest BCUT2D eigenvalue weighted by molar-refractivity contribution is -0.301. The van der Waals surface area contributed by atoms with E-state index < -0.39 is 11.9 Å². The van der Waals surface area contributed by atoms with Crippen molar-refractivity contribution in [3.8, 4) is 11.5 Å². The van der Waals surface area contributed by atoms with Crippen LogP contribution in [-0.2, 0) is 9.59 Å². The summed E-state index contributed by atoms with van der Waals surface area (Å²) in [6.45, 7) is 1.69. The first-order chi connectivity index (χ1) is 10.1. The Hall–Kier alpha value is -2.44. The molecule has 2 rings (SSSR count). The van der Waals surface area contributed by atoms with Crippen molar-refractivity contribution >= 4 is 17.6 Å². The summed E-state index contributed by atoms with van der Waals surface area (Å²) >= 11 is 0. The van der Waals surface area contributed by atoms with E-state index in [-0.39, 0.29) is 0 Å². The molecule has 1 fully saturated rings. The van der Waals surface area contributed by atoms with E-state index in [1.807, 2.05) is 17.0 Å². The summed E-state index contributed by atoms with van der Waals surface area (Å²) in [6.07, 6.45) is 0. The highest BCUT2D eigenvalue weighted by Crippen LogP contribution is 2.32. The maximum Gasteiger partial charge on any atom is 0.269 e. The van der Waals surface area contributed by atoms with Crippen LogP contribution in [0.4, 0.5) is 5.69 Å². The first-order valence-corrected chi connectivity index (χ1v) is 6.54. The maximum atomic E-state index is 11.4. The summed E-state index contributed by atoms with van der Waals surface area (Å²) in [6, 6.07) is 5.47. The van der Waals surface area contributed by atoms with Crippen LogP contribution in [0.25, 0.3) is 0 Å². The Morgan fingerprint density at radius 3 is 2.29 bits per heavy atom. The molecule has 0 aromatic heterocycles. The second-order valence-corrected chi connectivity index (χ2v) is 4.60. The smallest absolute Gasteiger partial charge is 0.269 e. The minimum absolute atomic E-state index is 0.327. The Balaban J connectivity index is 2.11. The molecule has 7 nitrogen and oxygen atoms in total. The number of methoxy groups -OCH3 is 2. The van der Waals surface area contributed by atoms with Gasteiger partial charge in [-0.25, -0.2) is 0 Å². The number of aliphatic carboxylic acids is 1. The average Bonchev–Trinajstić information content (AvgIpc) is 2.53. The molecule has 0 saturated carbocycles. The van der Waals surface area contributed by atoms with E-state index in [9.17, 15) is 14.7 Å². The number of carboxylic acid groups (broad SMARTS) is 1. The lowest BCUT2D eigenvalue weighted by atomic mass is 10.2. The number of rotatable bonds is 3. The van der Waals surface area contributed by atoms with Crippen molar-refractivity contribution in [1.29, 1.82) is 0 Å². The molecule has 1 saturated heterocycles. The van der Waals surface area contributed by atoms with Gasteiger partial charge in [0, 0.05) is 32.2 Å². The molecule has 0 atom stereocenters. The number of benzene rings is 1. The predicted molar refractivity (Wildman–Crippen MR) is 73.3 cm³/mol. The van der Waals surface area contributed by atoms with Crippen LogP contribution in [0.5, 0.6) is 11.5 Å². The van der Waals surface area contributed by atoms with E-state index in [0.717, 1.165) is 5.69 Å². The standard InChI is InChI=1S/C14H18N2O5/c1-20-10-3-4-12(21-2)11(9-10)15-5-7-16(8-6-15)13(17)14(18)19/h3-4,9H,5-8H2,1-2H3,(H,18,19)/p-1. The molecule has 21 heavy (non-hydrogen) atoms. The summed E-state index contributed by atoms with van der Waals surface area (Å²) in [5.74, 6) is -1.22. The van der Waals surface area contributed by atoms with Crippen molar-refractivity contribution in [3.63, 3.8) is 0 Å². The van der Waals surface area contributed by atoms with Gasteiger partial charge in [-0.05, 0) is 12.1 Å². The zero-order chi connectivity index (χ0) is 15.4. The van der Waals surface area contributed by atoms with E-state index in [1.165, 1.54) is 4.90 Å². The molecule has 1 aromatic rings. The molecule has 1 aliphatic rings. The van der Waals surface area contributed by atoms with Crippen LogP contribution >= 0.6 is 0 Å². The van der Waals surface area contributed by atoms with Crippen molar-refractivity contribution in [2.45, 2.75) is 0 Å². The van der Waals surface area contributed by atoms with Gasteiger partial charge in [-0.3, -0.25) is 4.79 Å². The van der Waals surface area contributed by atoms with Gasteiger partial charge in [0.15, 0.2) is 0 Å². The molecule has 0 spiro atoms. The van der Waals surface area contributed by atoms with Gasteiger partial charge < -0.3 is 29.2 Å². The highest BCUT2D eigenvalue weighted by molar-refractivity contribution is 6.30. The number of piperazine rings is 1. The molecule has 0 bridgehead atoms. The van der Waals surface area contributed by atoms with Crippen molar-refractivity contribution in [2.75, 3.05) is 45.3 Å². The first-order valence-electron chi connectivity index (χ1n) is 6.54. The third-order valence-corrected chi connectivity index (χ3v) is 3.47. The van der Waals surface area contributed by atoms with Crippen LogP contribution in [0.15, 0.2) is 18.2 Å². The van der Waals surface area contributed by atoms with Gasteiger partial charge in [-0.15, -0.1) is 0 Å². The predicted octanol–water partition coefficient (Wildman–Crippen LogP) is -0.898. The molecular formula is C14H17N2O5-. The normalized spacial score (nSPS) is 14.8. The van der Waals surface area contributed by atoms with Gasteiger partial charge in [0.25, 0.3) is 5.91 Å². The largest absolute Gasteiger partial charge is 0.540 e. The molecule has 1 heterocycles. The van der Waals surface area contributed by atoms with E-state index in [0.29, 0.717) is 37.7 Å². The third-order valence-electron chi connectivity index (χ3n) is 3.47. The minimum atomic E-state index is -1.66. The Bertz CT molecular complexity index is 538. The topological polar surface area (TPSA) is 82.1 Å². The molecule has 0 unspecified atom stereocenters.